The maximum Gasteiger partial charge on any atom is 0.220 e. The smallest absolute Gasteiger partial charge is 0.220 e. The molecule has 2 aromatic carbocycles. The van der Waals surface area contributed by atoms with Crippen molar-refractivity contribution in [1.29, 1.82) is 0 Å². The van der Waals surface area contributed by atoms with Crippen molar-refractivity contribution in [3.63, 3.8) is 0 Å². The summed E-state index contributed by atoms with van der Waals surface area (Å²) in [7, 11) is 0. The van der Waals surface area contributed by atoms with Gasteiger partial charge in [0.15, 0.2) is 0 Å². The Labute approximate surface area is 183 Å². The van der Waals surface area contributed by atoms with Gasteiger partial charge in [-0.05, 0) is 49.8 Å². The zero-order valence-corrected chi connectivity index (χ0v) is 17.7. The van der Waals surface area contributed by atoms with Gasteiger partial charge in [-0.3, -0.25) is 4.79 Å². The number of carbonyl (C=O) groups is 1. The number of aromatic nitrogens is 2. The summed E-state index contributed by atoms with van der Waals surface area (Å²) < 4.78 is 0. The summed E-state index contributed by atoms with van der Waals surface area (Å²) in [5.41, 5.74) is 15.1. The third kappa shape index (κ3) is 4.83. The van der Waals surface area contributed by atoms with Crippen molar-refractivity contribution in [3.8, 4) is 11.3 Å². The van der Waals surface area contributed by atoms with Gasteiger partial charge in [-0.25, -0.2) is 9.97 Å². The van der Waals surface area contributed by atoms with Crippen LogP contribution in [-0.4, -0.2) is 22.4 Å². The summed E-state index contributed by atoms with van der Waals surface area (Å²) in [6.45, 7) is 0.517. The van der Waals surface area contributed by atoms with E-state index in [4.69, 9.17) is 21.4 Å². The molecule has 0 spiro atoms. The Hall–Kier alpha value is -3.05. The lowest BCUT2D eigenvalue weighted by Crippen LogP contribution is -2.33. The molecule has 5 nitrogen and oxygen atoms in total. The monoisotopic (exact) mass is 414 g/mol. The SMILES string of the molecule is NC[C@H](c1ccccc1)C(c1nccc(-c2ccccc2)n1)C1CCC(C(N)=O)CC1. The van der Waals surface area contributed by atoms with E-state index in [-0.39, 0.29) is 23.7 Å². The highest BCUT2D eigenvalue weighted by Crippen LogP contribution is 2.44. The largest absolute Gasteiger partial charge is 0.369 e. The van der Waals surface area contributed by atoms with Crippen LogP contribution in [0.3, 0.4) is 0 Å². The second-order valence-corrected chi connectivity index (χ2v) is 8.46. The summed E-state index contributed by atoms with van der Waals surface area (Å²) in [4.78, 5) is 21.4. The maximum atomic E-state index is 11.7. The molecule has 4 N–H and O–H groups in total. The highest BCUT2D eigenvalue weighted by Gasteiger charge is 2.37. The molecule has 5 heteroatoms. The molecular formula is C26H30N4O. The lowest BCUT2D eigenvalue weighted by molar-refractivity contribution is -0.123. The molecule has 1 aliphatic rings. The fourth-order valence-electron chi connectivity index (χ4n) is 4.98. The predicted molar refractivity (Wildman–Crippen MR) is 123 cm³/mol. The second-order valence-electron chi connectivity index (χ2n) is 8.46. The van der Waals surface area contributed by atoms with Crippen LogP contribution in [0.1, 0.15) is 48.9 Å². The van der Waals surface area contributed by atoms with Crippen LogP contribution in [0.15, 0.2) is 72.9 Å². The molecule has 160 valence electrons. The molecule has 4 rings (SSSR count). The van der Waals surface area contributed by atoms with Crippen LogP contribution >= 0.6 is 0 Å². The van der Waals surface area contributed by atoms with Gasteiger partial charge < -0.3 is 11.5 Å². The zero-order chi connectivity index (χ0) is 21.6. The third-order valence-electron chi connectivity index (χ3n) is 6.64. The number of nitrogens with two attached hydrogens (primary N) is 2. The van der Waals surface area contributed by atoms with Crippen molar-refractivity contribution in [3.05, 3.63) is 84.3 Å². The van der Waals surface area contributed by atoms with Crippen LogP contribution in [0.5, 0.6) is 0 Å². The molecule has 0 bridgehead atoms. The van der Waals surface area contributed by atoms with Crippen LogP contribution in [0.4, 0.5) is 0 Å². The summed E-state index contributed by atoms with van der Waals surface area (Å²) in [5.74, 6) is 1.18. The Morgan fingerprint density at radius 2 is 1.58 bits per heavy atom. The number of primary amides is 1. The molecule has 3 aromatic rings. The van der Waals surface area contributed by atoms with Gasteiger partial charge in [0.2, 0.25) is 5.91 Å². The number of benzene rings is 2. The van der Waals surface area contributed by atoms with E-state index in [2.05, 4.69) is 36.4 Å². The normalized spacial score (nSPS) is 20.7. The zero-order valence-electron chi connectivity index (χ0n) is 17.7. The number of carbonyl (C=O) groups excluding carboxylic acids is 1. The Bertz CT molecular complexity index is 985. The number of hydrogen-bond acceptors (Lipinski definition) is 4. The minimum absolute atomic E-state index is 0.0264. The lowest BCUT2D eigenvalue weighted by Gasteiger charge is -2.36. The van der Waals surface area contributed by atoms with Crippen LogP contribution in [0.25, 0.3) is 11.3 Å². The van der Waals surface area contributed by atoms with Crippen LogP contribution in [0, 0.1) is 11.8 Å². The first-order valence-electron chi connectivity index (χ1n) is 11.1. The molecule has 1 aromatic heterocycles. The predicted octanol–water partition coefficient (Wildman–Crippen LogP) is 4.26. The van der Waals surface area contributed by atoms with Crippen molar-refractivity contribution in [1.82, 2.24) is 9.97 Å². The van der Waals surface area contributed by atoms with E-state index in [9.17, 15) is 4.79 Å². The molecule has 2 atom stereocenters. The molecule has 0 saturated heterocycles. The van der Waals surface area contributed by atoms with Gasteiger partial charge in [0, 0.05) is 29.5 Å². The first-order chi connectivity index (χ1) is 15.2. The van der Waals surface area contributed by atoms with E-state index >= 15 is 0 Å². The van der Waals surface area contributed by atoms with Gasteiger partial charge in [-0.15, -0.1) is 0 Å². The number of nitrogens with zero attached hydrogens (tertiary/aromatic N) is 2. The highest BCUT2D eigenvalue weighted by molar-refractivity contribution is 5.76. The molecule has 0 aliphatic heterocycles. The van der Waals surface area contributed by atoms with Crippen LogP contribution in [0.2, 0.25) is 0 Å². The van der Waals surface area contributed by atoms with E-state index in [1.54, 1.807) is 0 Å². The van der Waals surface area contributed by atoms with Gasteiger partial charge in [0.25, 0.3) is 0 Å². The lowest BCUT2D eigenvalue weighted by atomic mass is 9.69. The quantitative estimate of drug-likeness (QED) is 0.604. The summed E-state index contributed by atoms with van der Waals surface area (Å²) in [6, 6.07) is 22.6. The van der Waals surface area contributed by atoms with Gasteiger partial charge in [0.1, 0.15) is 5.82 Å². The minimum atomic E-state index is -0.184. The van der Waals surface area contributed by atoms with Gasteiger partial charge in [-0.2, -0.15) is 0 Å². The van der Waals surface area contributed by atoms with E-state index in [1.165, 1.54) is 5.56 Å². The molecule has 31 heavy (non-hydrogen) atoms. The van der Waals surface area contributed by atoms with Crippen molar-refractivity contribution in [2.75, 3.05) is 6.54 Å². The van der Waals surface area contributed by atoms with Crippen LogP contribution < -0.4 is 11.5 Å². The van der Waals surface area contributed by atoms with E-state index < -0.39 is 0 Å². The second kappa shape index (κ2) is 9.84. The highest BCUT2D eigenvalue weighted by atomic mass is 16.1. The van der Waals surface area contributed by atoms with Crippen molar-refractivity contribution in [2.24, 2.45) is 23.3 Å². The summed E-state index contributed by atoms with van der Waals surface area (Å²) in [5, 5.41) is 0. The molecule has 1 saturated carbocycles. The first-order valence-corrected chi connectivity index (χ1v) is 11.1. The molecule has 1 fully saturated rings. The Morgan fingerprint density at radius 1 is 0.935 bits per heavy atom. The Kier molecular flexibility index (Phi) is 6.73. The topological polar surface area (TPSA) is 94.9 Å². The van der Waals surface area contributed by atoms with E-state index in [1.807, 2.05) is 36.5 Å². The Morgan fingerprint density at radius 3 is 2.19 bits per heavy atom. The number of hydrogen-bond donors (Lipinski definition) is 2. The number of rotatable bonds is 7. The molecule has 1 unspecified atom stereocenters. The maximum absolute atomic E-state index is 11.7. The summed E-state index contributed by atoms with van der Waals surface area (Å²) in [6.07, 6.45) is 5.36. The van der Waals surface area contributed by atoms with Gasteiger partial charge in [-0.1, -0.05) is 60.7 Å². The van der Waals surface area contributed by atoms with Crippen LogP contribution in [-0.2, 0) is 4.79 Å². The molecule has 1 amide bonds. The van der Waals surface area contributed by atoms with Crippen molar-refractivity contribution in [2.45, 2.75) is 37.5 Å². The van der Waals surface area contributed by atoms with Crippen molar-refractivity contribution < 1.29 is 4.79 Å². The summed E-state index contributed by atoms with van der Waals surface area (Å²) >= 11 is 0. The standard InChI is InChI=1S/C26H30N4O/c27-17-22(18-7-3-1-4-8-18)24(20-11-13-21(14-12-20)25(28)31)26-29-16-15-23(30-26)19-9-5-2-6-10-19/h1-10,15-16,20-22,24H,11-14,17,27H2,(H2,28,31)/t20?,21?,22-,24?/m1/s1. The Balaban J connectivity index is 1.71. The van der Waals surface area contributed by atoms with Crippen molar-refractivity contribution >= 4 is 5.91 Å². The minimum Gasteiger partial charge on any atom is -0.369 e. The molecular weight excluding hydrogens is 384 g/mol. The number of amides is 1. The van der Waals surface area contributed by atoms with Gasteiger partial charge in [0.05, 0.1) is 5.69 Å². The average molecular weight is 415 g/mol. The fourth-order valence-corrected chi connectivity index (χ4v) is 4.98. The molecule has 1 aliphatic carbocycles. The average Bonchev–Trinajstić information content (AvgIpc) is 2.84. The fraction of sp³-hybridized carbons (Fsp3) is 0.346. The third-order valence-corrected chi connectivity index (χ3v) is 6.64. The van der Waals surface area contributed by atoms with E-state index in [0.717, 1.165) is 42.8 Å². The van der Waals surface area contributed by atoms with E-state index in [0.29, 0.717) is 12.5 Å². The first kappa shape index (κ1) is 21.2. The molecule has 1 heterocycles. The van der Waals surface area contributed by atoms with Gasteiger partial charge >= 0.3 is 0 Å². The molecule has 0 radical (unpaired) electrons.